The molecule has 0 aromatic rings. The van der Waals surface area contributed by atoms with Crippen molar-refractivity contribution in [2.75, 3.05) is 19.6 Å². The fraction of sp³-hybridized carbons (Fsp3) is 0.750. The molecular weight excluding hydrogens is 346 g/mol. The zero-order valence-electron chi connectivity index (χ0n) is 18.3. The number of hydrogen-bond donors (Lipinski definition) is 1. The van der Waals surface area contributed by atoms with Gasteiger partial charge in [-0.15, -0.1) is 0 Å². The molecule has 1 amide bonds. The highest BCUT2D eigenvalue weighted by Crippen LogP contribution is 2.21. The minimum absolute atomic E-state index is 0.211. The summed E-state index contributed by atoms with van der Waals surface area (Å²) in [5.74, 6) is -0.240. The van der Waals surface area contributed by atoms with Crippen LogP contribution in [0.15, 0.2) is 23.4 Å². The molecule has 1 heterocycles. The predicted molar refractivity (Wildman–Crippen MR) is 118 cm³/mol. The van der Waals surface area contributed by atoms with Crippen LogP contribution in [-0.4, -0.2) is 30.4 Å². The van der Waals surface area contributed by atoms with Crippen LogP contribution in [-0.2, 0) is 4.79 Å². The lowest BCUT2D eigenvalue weighted by Crippen LogP contribution is -2.25. The lowest BCUT2D eigenvalue weighted by molar-refractivity contribution is -0.117. The van der Waals surface area contributed by atoms with Crippen molar-refractivity contribution in [3.63, 3.8) is 0 Å². The Hall–Kier alpha value is -1.76. The van der Waals surface area contributed by atoms with Gasteiger partial charge in [0.25, 0.3) is 5.91 Å². The van der Waals surface area contributed by atoms with Crippen molar-refractivity contribution in [2.45, 2.75) is 97.3 Å². The topological polar surface area (TPSA) is 56.1 Å². The van der Waals surface area contributed by atoms with Crippen molar-refractivity contribution >= 4 is 5.91 Å². The van der Waals surface area contributed by atoms with Gasteiger partial charge in [-0.25, -0.2) is 0 Å². The number of nitriles is 1. The van der Waals surface area contributed by atoms with Crippen LogP contribution < -0.4 is 5.32 Å². The van der Waals surface area contributed by atoms with Gasteiger partial charge in [0, 0.05) is 25.3 Å². The van der Waals surface area contributed by atoms with Crippen molar-refractivity contribution in [1.82, 2.24) is 10.2 Å². The van der Waals surface area contributed by atoms with Gasteiger partial charge in [0.05, 0.1) is 0 Å². The standard InChI is InChI=1S/C24H41N3O/c1-3-5-6-7-8-9-10-11-12-13-18-26-24(28)22(21-25)16-17-23-15-14-20-27(23)19-4-2/h16-17H,3-15,18-20H2,1-2H3,(H,26,28). The van der Waals surface area contributed by atoms with Crippen LogP contribution in [0.2, 0.25) is 0 Å². The highest BCUT2D eigenvalue weighted by Gasteiger charge is 2.15. The van der Waals surface area contributed by atoms with E-state index in [1.165, 1.54) is 57.1 Å². The number of allylic oxidation sites excluding steroid dienone is 3. The number of unbranched alkanes of at least 4 members (excludes halogenated alkanes) is 9. The molecule has 0 saturated carbocycles. The SMILES string of the molecule is CCCCCCCCCCCCNC(=O)C(C#N)=CC=C1CCCN1CCC. The summed E-state index contributed by atoms with van der Waals surface area (Å²) >= 11 is 0. The smallest absolute Gasteiger partial charge is 0.261 e. The third-order valence-electron chi connectivity index (χ3n) is 5.38. The van der Waals surface area contributed by atoms with Crippen molar-refractivity contribution in [3.05, 3.63) is 23.4 Å². The molecule has 1 aliphatic heterocycles. The molecular formula is C24H41N3O. The normalized spacial score (nSPS) is 15.8. The zero-order valence-corrected chi connectivity index (χ0v) is 18.3. The van der Waals surface area contributed by atoms with Gasteiger partial charge in [-0.1, -0.05) is 71.6 Å². The monoisotopic (exact) mass is 387 g/mol. The van der Waals surface area contributed by atoms with Crippen LogP contribution in [0.25, 0.3) is 0 Å². The van der Waals surface area contributed by atoms with E-state index in [1.54, 1.807) is 6.08 Å². The van der Waals surface area contributed by atoms with Gasteiger partial charge in [-0.3, -0.25) is 4.79 Å². The molecule has 28 heavy (non-hydrogen) atoms. The Kier molecular flexibility index (Phi) is 14.1. The summed E-state index contributed by atoms with van der Waals surface area (Å²) in [5, 5.41) is 12.2. The Labute approximate surface area is 173 Å². The summed E-state index contributed by atoms with van der Waals surface area (Å²) in [6.45, 7) is 7.22. The highest BCUT2D eigenvalue weighted by atomic mass is 16.1. The molecule has 0 aliphatic carbocycles. The van der Waals surface area contributed by atoms with Gasteiger partial charge in [-0.2, -0.15) is 5.26 Å². The molecule has 4 nitrogen and oxygen atoms in total. The summed E-state index contributed by atoms with van der Waals surface area (Å²) < 4.78 is 0. The molecule has 4 heteroatoms. The number of carbonyl (C=O) groups excluding carboxylic acids is 1. The Bertz CT molecular complexity index is 530. The Morgan fingerprint density at radius 3 is 2.29 bits per heavy atom. The molecule has 1 saturated heterocycles. The molecule has 0 aromatic carbocycles. The summed E-state index contributed by atoms with van der Waals surface area (Å²) in [5.41, 5.74) is 1.46. The Balaban J connectivity index is 2.18. The molecule has 0 unspecified atom stereocenters. The second-order valence-corrected chi connectivity index (χ2v) is 7.88. The van der Waals surface area contributed by atoms with E-state index in [-0.39, 0.29) is 11.5 Å². The van der Waals surface area contributed by atoms with E-state index in [9.17, 15) is 10.1 Å². The van der Waals surface area contributed by atoms with E-state index in [1.807, 2.05) is 12.1 Å². The van der Waals surface area contributed by atoms with Gasteiger partial charge in [-0.05, 0) is 37.8 Å². The van der Waals surface area contributed by atoms with Gasteiger partial charge < -0.3 is 10.2 Å². The van der Waals surface area contributed by atoms with Crippen LogP contribution in [0.4, 0.5) is 0 Å². The quantitative estimate of drug-likeness (QED) is 0.217. The van der Waals surface area contributed by atoms with Gasteiger partial charge in [0.2, 0.25) is 0 Å². The van der Waals surface area contributed by atoms with E-state index in [0.29, 0.717) is 6.54 Å². The van der Waals surface area contributed by atoms with E-state index in [2.05, 4.69) is 24.1 Å². The molecule has 1 fully saturated rings. The van der Waals surface area contributed by atoms with Crippen LogP contribution in [0.3, 0.4) is 0 Å². The summed E-state index contributed by atoms with van der Waals surface area (Å²) in [6, 6.07) is 2.05. The number of carbonyl (C=O) groups is 1. The minimum Gasteiger partial charge on any atom is -0.375 e. The van der Waals surface area contributed by atoms with Gasteiger partial charge in [0.1, 0.15) is 11.6 Å². The number of nitrogens with zero attached hydrogens (tertiary/aromatic N) is 2. The molecule has 0 aromatic heterocycles. The molecule has 0 bridgehead atoms. The van der Waals surface area contributed by atoms with Crippen LogP contribution >= 0.6 is 0 Å². The lowest BCUT2D eigenvalue weighted by atomic mass is 10.1. The first-order valence-corrected chi connectivity index (χ1v) is 11.6. The first kappa shape index (κ1) is 24.3. The molecule has 1 aliphatic rings. The van der Waals surface area contributed by atoms with E-state index in [0.717, 1.165) is 45.2 Å². The fourth-order valence-electron chi connectivity index (χ4n) is 3.72. The van der Waals surface area contributed by atoms with Crippen molar-refractivity contribution in [2.24, 2.45) is 0 Å². The molecule has 1 rings (SSSR count). The van der Waals surface area contributed by atoms with Crippen molar-refractivity contribution < 1.29 is 4.79 Å². The maximum absolute atomic E-state index is 12.2. The maximum atomic E-state index is 12.2. The third kappa shape index (κ3) is 10.5. The molecule has 0 atom stereocenters. The van der Waals surface area contributed by atoms with Crippen molar-refractivity contribution in [3.8, 4) is 6.07 Å². The van der Waals surface area contributed by atoms with Crippen LogP contribution in [0.1, 0.15) is 97.3 Å². The second kappa shape index (κ2) is 16.2. The molecule has 0 spiro atoms. The number of nitrogens with one attached hydrogen (secondary N) is 1. The lowest BCUT2D eigenvalue weighted by Gasteiger charge is -2.18. The molecule has 158 valence electrons. The van der Waals surface area contributed by atoms with Crippen molar-refractivity contribution in [1.29, 1.82) is 5.26 Å². The summed E-state index contributed by atoms with van der Waals surface area (Å²) in [6.07, 6.45) is 19.8. The minimum atomic E-state index is -0.240. The molecule has 0 radical (unpaired) electrons. The number of hydrogen-bond acceptors (Lipinski definition) is 3. The zero-order chi connectivity index (χ0) is 20.5. The average Bonchev–Trinajstić information content (AvgIpc) is 3.14. The summed E-state index contributed by atoms with van der Waals surface area (Å²) in [7, 11) is 0. The largest absolute Gasteiger partial charge is 0.375 e. The number of amides is 1. The number of rotatable bonds is 15. The second-order valence-electron chi connectivity index (χ2n) is 7.88. The summed E-state index contributed by atoms with van der Waals surface area (Å²) in [4.78, 5) is 14.6. The molecule has 1 N–H and O–H groups in total. The van der Waals surface area contributed by atoms with E-state index < -0.39 is 0 Å². The fourth-order valence-corrected chi connectivity index (χ4v) is 3.72. The maximum Gasteiger partial charge on any atom is 0.261 e. The van der Waals surface area contributed by atoms with Gasteiger partial charge in [0.15, 0.2) is 0 Å². The van der Waals surface area contributed by atoms with Crippen LogP contribution in [0.5, 0.6) is 0 Å². The predicted octanol–water partition coefficient (Wildman–Crippen LogP) is 5.86. The number of likely N-dealkylation sites (tertiary alicyclic amines) is 1. The van der Waals surface area contributed by atoms with Crippen LogP contribution in [0, 0.1) is 11.3 Å². The Morgan fingerprint density at radius 2 is 1.68 bits per heavy atom. The van der Waals surface area contributed by atoms with E-state index in [4.69, 9.17) is 0 Å². The highest BCUT2D eigenvalue weighted by molar-refractivity contribution is 5.97. The van der Waals surface area contributed by atoms with E-state index >= 15 is 0 Å². The first-order valence-electron chi connectivity index (χ1n) is 11.6. The first-order chi connectivity index (χ1) is 13.7. The average molecular weight is 388 g/mol. The third-order valence-corrected chi connectivity index (χ3v) is 5.38. The van der Waals surface area contributed by atoms with Gasteiger partial charge >= 0.3 is 0 Å². The Morgan fingerprint density at radius 1 is 1.04 bits per heavy atom.